The quantitative estimate of drug-likeness (QED) is 0.326. The molecule has 35 heavy (non-hydrogen) atoms. The van der Waals surface area contributed by atoms with Gasteiger partial charge in [0.15, 0.2) is 16.5 Å². The van der Waals surface area contributed by atoms with Crippen molar-refractivity contribution in [1.82, 2.24) is 19.7 Å². The third-order valence-electron chi connectivity index (χ3n) is 5.31. The monoisotopic (exact) mass is 483 g/mol. The van der Waals surface area contributed by atoms with Crippen molar-refractivity contribution in [3.63, 3.8) is 0 Å². The van der Waals surface area contributed by atoms with E-state index in [2.05, 4.69) is 15.4 Å². The number of nitrogens with zero attached hydrogens (tertiary/aromatic N) is 4. The molecule has 0 fully saturated rings. The summed E-state index contributed by atoms with van der Waals surface area (Å²) in [5.74, 6) is -0.886. The molecule has 0 atom stereocenters. The van der Waals surface area contributed by atoms with E-state index < -0.39 is 5.97 Å². The highest BCUT2D eigenvalue weighted by Gasteiger charge is 2.20. The van der Waals surface area contributed by atoms with Crippen molar-refractivity contribution in [2.24, 2.45) is 0 Å². The van der Waals surface area contributed by atoms with Crippen molar-refractivity contribution in [1.29, 1.82) is 0 Å². The van der Waals surface area contributed by atoms with E-state index in [4.69, 9.17) is 9.72 Å². The lowest BCUT2D eigenvalue weighted by Gasteiger charge is -2.09. The van der Waals surface area contributed by atoms with Crippen LogP contribution < -0.4 is 5.32 Å². The Kier molecular flexibility index (Phi) is 6.32. The minimum Gasteiger partial charge on any atom is -0.461 e. The first-order valence-corrected chi connectivity index (χ1v) is 11.9. The molecule has 174 valence electrons. The normalized spacial score (nSPS) is 10.9. The minimum absolute atomic E-state index is 0.160. The minimum atomic E-state index is -0.524. The van der Waals surface area contributed by atoms with Crippen molar-refractivity contribution in [3.05, 3.63) is 95.1 Å². The summed E-state index contributed by atoms with van der Waals surface area (Å²) in [6.45, 7) is 2.50. The van der Waals surface area contributed by atoms with E-state index in [1.807, 2.05) is 60.7 Å². The van der Waals surface area contributed by atoms with Crippen molar-refractivity contribution in [2.75, 3.05) is 11.9 Å². The number of aromatic nitrogens is 4. The largest absolute Gasteiger partial charge is 0.461 e. The third kappa shape index (κ3) is 4.80. The highest BCUT2D eigenvalue weighted by atomic mass is 32.1. The van der Waals surface area contributed by atoms with Crippen molar-refractivity contribution >= 4 is 39.4 Å². The lowest BCUT2D eigenvalue weighted by Crippen LogP contribution is -2.14. The van der Waals surface area contributed by atoms with Crippen molar-refractivity contribution < 1.29 is 14.3 Å². The van der Waals surface area contributed by atoms with E-state index >= 15 is 0 Å². The second-order valence-corrected chi connectivity index (χ2v) is 8.52. The maximum Gasteiger partial charge on any atom is 0.357 e. The number of ether oxygens (including phenoxy) is 1. The Morgan fingerprint density at radius 3 is 2.51 bits per heavy atom. The third-order valence-corrected chi connectivity index (χ3v) is 6.07. The molecule has 5 aromatic rings. The van der Waals surface area contributed by atoms with Gasteiger partial charge < -0.3 is 4.74 Å². The summed E-state index contributed by atoms with van der Waals surface area (Å²) in [6.07, 6.45) is 1.65. The van der Waals surface area contributed by atoms with Gasteiger partial charge in [-0.2, -0.15) is 5.10 Å². The number of hydrogen-bond acceptors (Lipinski definition) is 7. The molecule has 0 saturated carbocycles. The highest BCUT2D eigenvalue weighted by Crippen LogP contribution is 2.27. The number of hydrogen-bond donors (Lipinski definition) is 1. The predicted octanol–water partition coefficient (Wildman–Crippen LogP) is 5.03. The lowest BCUT2D eigenvalue weighted by molar-refractivity contribution is 0.0520. The number of carbonyl (C=O) groups is 2. The van der Waals surface area contributed by atoms with Gasteiger partial charge in [0, 0.05) is 10.9 Å². The number of rotatable bonds is 7. The van der Waals surface area contributed by atoms with Gasteiger partial charge in [0.2, 0.25) is 0 Å². The number of carbonyl (C=O) groups excluding carboxylic acids is 2. The first-order chi connectivity index (χ1) is 17.1. The summed E-state index contributed by atoms with van der Waals surface area (Å²) in [7, 11) is 0. The van der Waals surface area contributed by atoms with Crippen molar-refractivity contribution in [3.8, 4) is 11.3 Å². The highest BCUT2D eigenvalue weighted by molar-refractivity contribution is 7.14. The fourth-order valence-corrected chi connectivity index (χ4v) is 4.33. The van der Waals surface area contributed by atoms with Crippen LogP contribution in [-0.2, 0) is 11.3 Å². The van der Waals surface area contributed by atoms with Crippen molar-refractivity contribution in [2.45, 2.75) is 13.5 Å². The van der Waals surface area contributed by atoms with Gasteiger partial charge in [-0.25, -0.2) is 19.4 Å². The summed E-state index contributed by atoms with van der Waals surface area (Å²) in [5, 5.41) is 9.81. The standard InChI is InChI=1S/C26H21N5O3S/c1-2-34-25(33)22-16-35-26(29-22)30-24(32)19-13-21(18-11-7-4-8-12-18)28-23-20(19)14-27-31(23)15-17-9-5-3-6-10-17/h3-14,16H,2,15H2,1H3,(H,29,30,32). The number of pyridine rings is 1. The molecule has 9 heteroatoms. The summed E-state index contributed by atoms with van der Waals surface area (Å²) in [4.78, 5) is 34.3. The van der Waals surface area contributed by atoms with Gasteiger partial charge in [-0.15, -0.1) is 11.3 Å². The topological polar surface area (TPSA) is 99.0 Å². The van der Waals surface area contributed by atoms with Gasteiger partial charge >= 0.3 is 5.97 Å². The van der Waals surface area contributed by atoms with E-state index in [1.54, 1.807) is 29.2 Å². The van der Waals surface area contributed by atoms with Crippen LogP contribution in [0.3, 0.4) is 0 Å². The van der Waals surface area contributed by atoms with Gasteiger partial charge in [0.05, 0.1) is 36.0 Å². The maximum atomic E-state index is 13.4. The number of esters is 1. The molecule has 3 heterocycles. The lowest BCUT2D eigenvalue weighted by atomic mass is 10.1. The van der Waals surface area contributed by atoms with E-state index in [0.717, 1.165) is 22.5 Å². The number of anilines is 1. The molecule has 0 aliphatic heterocycles. The Bertz CT molecular complexity index is 1500. The molecule has 0 aliphatic rings. The first kappa shape index (κ1) is 22.4. The van der Waals surface area contributed by atoms with Gasteiger partial charge in [0.25, 0.3) is 5.91 Å². The van der Waals surface area contributed by atoms with Crippen LogP contribution in [0.4, 0.5) is 5.13 Å². The van der Waals surface area contributed by atoms with Crippen LogP contribution in [0.5, 0.6) is 0 Å². The second kappa shape index (κ2) is 9.86. The Morgan fingerprint density at radius 1 is 1.03 bits per heavy atom. The molecule has 0 saturated heterocycles. The number of fused-ring (bicyclic) bond motifs is 1. The van der Waals surface area contributed by atoms with Crippen LogP contribution >= 0.6 is 11.3 Å². The maximum absolute atomic E-state index is 13.4. The average molecular weight is 484 g/mol. The molecule has 5 rings (SSSR count). The molecular formula is C26H21N5O3S. The molecule has 1 amide bonds. The van der Waals surface area contributed by atoms with Crippen LogP contribution in [0.15, 0.2) is 78.3 Å². The number of thiazole rings is 1. The summed E-state index contributed by atoms with van der Waals surface area (Å²) < 4.78 is 6.77. The molecule has 2 aromatic carbocycles. The number of amides is 1. The van der Waals surface area contributed by atoms with Crippen LogP contribution in [-0.4, -0.2) is 38.2 Å². The molecule has 8 nitrogen and oxygen atoms in total. The van der Waals surface area contributed by atoms with E-state index in [-0.39, 0.29) is 18.2 Å². The molecular weight excluding hydrogens is 462 g/mol. The van der Waals surface area contributed by atoms with Gasteiger partial charge in [-0.1, -0.05) is 60.7 Å². The smallest absolute Gasteiger partial charge is 0.357 e. The Hall–Kier alpha value is -4.37. The van der Waals surface area contributed by atoms with Crippen LogP contribution in [0.2, 0.25) is 0 Å². The fraction of sp³-hybridized carbons (Fsp3) is 0.115. The molecule has 0 bridgehead atoms. The summed E-state index contributed by atoms with van der Waals surface area (Å²) in [5.41, 5.74) is 3.80. The number of benzene rings is 2. The SMILES string of the molecule is CCOC(=O)c1csc(NC(=O)c2cc(-c3ccccc3)nc3c2cnn3Cc2ccccc2)n1. The average Bonchev–Trinajstić information content (AvgIpc) is 3.52. The fourth-order valence-electron chi connectivity index (χ4n) is 3.66. The first-order valence-electron chi connectivity index (χ1n) is 11.0. The van der Waals surface area contributed by atoms with Crippen LogP contribution in [0, 0.1) is 0 Å². The Morgan fingerprint density at radius 2 is 1.77 bits per heavy atom. The van der Waals surface area contributed by atoms with Gasteiger partial charge in [0.1, 0.15) is 0 Å². The predicted molar refractivity (Wildman–Crippen MR) is 135 cm³/mol. The molecule has 3 aromatic heterocycles. The summed E-state index contributed by atoms with van der Waals surface area (Å²) in [6, 6.07) is 21.4. The summed E-state index contributed by atoms with van der Waals surface area (Å²) >= 11 is 1.16. The van der Waals surface area contributed by atoms with E-state index in [9.17, 15) is 9.59 Å². The zero-order valence-corrected chi connectivity index (χ0v) is 19.7. The Labute approximate surface area is 205 Å². The molecule has 0 radical (unpaired) electrons. The zero-order chi connectivity index (χ0) is 24.2. The Balaban J connectivity index is 1.53. The molecule has 1 N–H and O–H groups in total. The van der Waals surface area contributed by atoms with Gasteiger partial charge in [-0.3, -0.25) is 10.1 Å². The van der Waals surface area contributed by atoms with E-state index in [1.165, 1.54) is 0 Å². The van der Waals surface area contributed by atoms with Crippen LogP contribution in [0.25, 0.3) is 22.3 Å². The second-order valence-electron chi connectivity index (χ2n) is 7.66. The molecule has 0 aliphatic carbocycles. The van der Waals surface area contributed by atoms with Crippen LogP contribution in [0.1, 0.15) is 33.3 Å². The molecule has 0 spiro atoms. The van der Waals surface area contributed by atoms with Gasteiger partial charge in [-0.05, 0) is 18.6 Å². The molecule has 0 unspecified atom stereocenters. The zero-order valence-electron chi connectivity index (χ0n) is 18.8. The van der Waals surface area contributed by atoms with E-state index in [0.29, 0.717) is 34.0 Å². The number of nitrogens with one attached hydrogen (secondary N) is 1.